The van der Waals surface area contributed by atoms with Crippen LogP contribution in [0.1, 0.15) is 41.6 Å². The first kappa shape index (κ1) is 22.2. The number of carbonyl (C=O) groups excluding carboxylic acids is 1. The first-order valence-electron chi connectivity index (χ1n) is 10.1. The van der Waals surface area contributed by atoms with Gasteiger partial charge in [0.05, 0.1) is 21.9 Å². The number of aromatic amines is 1. The van der Waals surface area contributed by atoms with Gasteiger partial charge in [-0.2, -0.15) is 0 Å². The Morgan fingerprint density at radius 1 is 1.26 bits per heavy atom. The molecular formula is C22H24ClN3O3S2. The molecule has 1 aromatic heterocycles. The van der Waals surface area contributed by atoms with E-state index in [1.54, 1.807) is 17.3 Å². The number of hydrogen-bond acceptors (Lipinski definition) is 4. The van der Waals surface area contributed by atoms with Crippen molar-refractivity contribution in [3.05, 3.63) is 58.7 Å². The number of nitrogens with one attached hydrogen (secondary N) is 1. The average Bonchev–Trinajstić information content (AvgIpc) is 3.18. The maximum Gasteiger partial charge on any atom is 0.250 e. The lowest BCUT2D eigenvalue weighted by Crippen LogP contribution is -2.38. The minimum atomic E-state index is -3.17. The second kappa shape index (κ2) is 8.86. The van der Waals surface area contributed by atoms with Crippen molar-refractivity contribution in [2.24, 2.45) is 5.73 Å². The number of nitrogens with two attached hydrogens (primary N) is 1. The molecular weight excluding hydrogens is 454 g/mol. The predicted molar refractivity (Wildman–Crippen MR) is 125 cm³/mol. The van der Waals surface area contributed by atoms with Crippen LogP contribution in [0.15, 0.2) is 52.4 Å². The number of aromatic nitrogens is 1. The van der Waals surface area contributed by atoms with E-state index in [9.17, 15) is 13.2 Å². The summed E-state index contributed by atoms with van der Waals surface area (Å²) in [5.74, 6) is -0.169. The van der Waals surface area contributed by atoms with Crippen LogP contribution < -0.4 is 5.73 Å². The fourth-order valence-electron chi connectivity index (χ4n) is 4.10. The molecule has 1 fully saturated rings. The topological polar surface area (TPSA) is 96.3 Å². The van der Waals surface area contributed by atoms with Crippen LogP contribution in [-0.2, 0) is 10.0 Å². The molecule has 3 N–H and O–H groups in total. The fourth-order valence-corrected chi connectivity index (χ4v) is 6.40. The van der Waals surface area contributed by atoms with Gasteiger partial charge < -0.3 is 10.7 Å². The van der Waals surface area contributed by atoms with E-state index in [1.807, 2.05) is 30.5 Å². The van der Waals surface area contributed by atoms with Crippen LogP contribution >= 0.6 is 23.4 Å². The average molecular weight is 478 g/mol. The molecule has 0 spiro atoms. The largest absolute Gasteiger partial charge is 0.366 e. The van der Waals surface area contributed by atoms with Crippen LogP contribution in [0.2, 0.25) is 5.02 Å². The van der Waals surface area contributed by atoms with Crippen molar-refractivity contribution in [3.8, 4) is 0 Å². The van der Waals surface area contributed by atoms with Crippen LogP contribution in [0, 0.1) is 0 Å². The molecule has 4 rings (SSSR count). The first-order chi connectivity index (χ1) is 14.8. The zero-order valence-corrected chi connectivity index (χ0v) is 19.5. The van der Waals surface area contributed by atoms with Gasteiger partial charge in [0.15, 0.2) is 0 Å². The van der Waals surface area contributed by atoms with Gasteiger partial charge in [0.25, 0.3) is 5.91 Å². The Hall–Kier alpha value is -2.00. The van der Waals surface area contributed by atoms with Crippen LogP contribution in [0.4, 0.5) is 0 Å². The number of fused-ring (bicyclic) bond motifs is 1. The summed E-state index contributed by atoms with van der Waals surface area (Å²) >= 11 is 7.80. The minimum Gasteiger partial charge on any atom is -0.366 e. The number of halogens is 1. The molecule has 3 aromatic rings. The maximum atomic E-state index is 12.2. The molecule has 1 aliphatic rings. The van der Waals surface area contributed by atoms with Crippen molar-refractivity contribution >= 4 is 50.2 Å². The number of primary amides is 1. The minimum absolute atomic E-state index is 0.120. The second-order valence-electron chi connectivity index (χ2n) is 7.61. The molecule has 1 aliphatic heterocycles. The number of rotatable bonds is 6. The van der Waals surface area contributed by atoms with E-state index in [4.69, 9.17) is 17.3 Å². The normalized spacial score (nSPS) is 16.1. The number of piperidine rings is 1. The molecule has 1 saturated heterocycles. The summed E-state index contributed by atoms with van der Waals surface area (Å²) in [5.41, 5.74) is 7.92. The summed E-state index contributed by atoms with van der Waals surface area (Å²) < 4.78 is 25.9. The Morgan fingerprint density at radius 3 is 2.61 bits per heavy atom. The molecule has 0 unspecified atom stereocenters. The standard InChI is InChI=1S/C22H24ClN3O3S2/c1-2-31(28,29)26-9-7-14(8-10-26)18-13-25-21-16(18)11-15(12-17(21)22(24)27)30-20-6-4-3-5-19(20)23/h3-6,11-14,25H,2,7-10H2,1H3,(H2,24,27). The molecule has 9 heteroatoms. The molecule has 0 radical (unpaired) electrons. The van der Waals surface area contributed by atoms with Crippen LogP contribution in [0.5, 0.6) is 0 Å². The predicted octanol–water partition coefficient (Wildman–Crippen LogP) is 4.60. The molecule has 31 heavy (non-hydrogen) atoms. The number of amides is 1. The summed E-state index contributed by atoms with van der Waals surface area (Å²) in [5, 5.41) is 1.59. The van der Waals surface area contributed by atoms with Crippen molar-refractivity contribution in [1.29, 1.82) is 0 Å². The summed E-state index contributed by atoms with van der Waals surface area (Å²) in [6.45, 7) is 2.68. The smallest absolute Gasteiger partial charge is 0.250 e. The van der Waals surface area contributed by atoms with Gasteiger partial charge in [-0.05, 0) is 55.5 Å². The van der Waals surface area contributed by atoms with Crippen LogP contribution in [0.3, 0.4) is 0 Å². The Labute approximate surface area is 191 Å². The Kier molecular flexibility index (Phi) is 6.35. The second-order valence-corrected chi connectivity index (χ2v) is 11.4. The van der Waals surface area contributed by atoms with Gasteiger partial charge in [0.2, 0.25) is 10.0 Å². The quantitative estimate of drug-likeness (QED) is 0.542. The highest BCUT2D eigenvalue weighted by atomic mass is 35.5. The van der Waals surface area contributed by atoms with Crippen molar-refractivity contribution in [2.75, 3.05) is 18.8 Å². The molecule has 6 nitrogen and oxygen atoms in total. The third kappa shape index (κ3) is 4.48. The molecule has 1 amide bonds. The van der Waals surface area contributed by atoms with E-state index >= 15 is 0 Å². The number of nitrogens with zero attached hydrogens (tertiary/aromatic N) is 1. The van der Waals surface area contributed by atoms with Gasteiger partial charge >= 0.3 is 0 Å². The van der Waals surface area contributed by atoms with E-state index in [2.05, 4.69) is 11.1 Å². The Balaban J connectivity index is 1.69. The summed E-state index contributed by atoms with van der Waals surface area (Å²) in [4.78, 5) is 17.1. The van der Waals surface area contributed by atoms with Gasteiger partial charge in [-0.1, -0.05) is 35.5 Å². The van der Waals surface area contributed by atoms with E-state index < -0.39 is 15.9 Å². The number of H-pyrrole nitrogens is 1. The van der Waals surface area contributed by atoms with Gasteiger partial charge in [-0.15, -0.1) is 0 Å². The van der Waals surface area contributed by atoms with Gasteiger partial charge in [0.1, 0.15) is 0 Å². The lowest BCUT2D eigenvalue weighted by atomic mass is 9.89. The lowest BCUT2D eigenvalue weighted by Gasteiger charge is -2.31. The van der Waals surface area contributed by atoms with Crippen LogP contribution in [-0.4, -0.2) is 42.5 Å². The van der Waals surface area contributed by atoms with E-state index in [0.29, 0.717) is 23.7 Å². The van der Waals surface area contributed by atoms with Gasteiger partial charge in [-0.3, -0.25) is 4.79 Å². The zero-order valence-electron chi connectivity index (χ0n) is 17.1. The first-order valence-corrected chi connectivity index (χ1v) is 13.0. The van der Waals surface area contributed by atoms with Gasteiger partial charge in [-0.25, -0.2) is 12.7 Å². The highest BCUT2D eigenvalue weighted by Crippen LogP contribution is 2.39. The molecule has 164 valence electrons. The number of carbonyl (C=O) groups is 1. The number of hydrogen-bond donors (Lipinski definition) is 2. The van der Waals surface area contributed by atoms with Crippen molar-refractivity contribution in [3.63, 3.8) is 0 Å². The zero-order chi connectivity index (χ0) is 22.2. The molecule has 0 aliphatic carbocycles. The van der Waals surface area contributed by atoms with Crippen molar-refractivity contribution < 1.29 is 13.2 Å². The maximum absolute atomic E-state index is 12.2. The molecule has 0 saturated carbocycles. The highest BCUT2D eigenvalue weighted by Gasteiger charge is 2.29. The third-order valence-electron chi connectivity index (χ3n) is 5.78. The summed E-state index contributed by atoms with van der Waals surface area (Å²) in [7, 11) is -3.17. The molecule has 2 heterocycles. The highest BCUT2D eigenvalue weighted by molar-refractivity contribution is 7.99. The van der Waals surface area contributed by atoms with Gasteiger partial charge in [0, 0.05) is 34.5 Å². The number of benzene rings is 2. The van der Waals surface area contributed by atoms with E-state index in [0.717, 1.165) is 39.1 Å². The summed E-state index contributed by atoms with van der Waals surface area (Å²) in [6, 6.07) is 11.4. The van der Waals surface area contributed by atoms with E-state index in [1.165, 1.54) is 11.8 Å². The Bertz CT molecular complexity index is 1230. The fraction of sp³-hybridized carbons (Fsp3) is 0.318. The molecule has 2 aromatic carbocycles. The molecule has 0 atom stereocenters. The van der Waals surface area contributed by atoms with Crippen molar-refractivity contribution in [1.82, 2.24) is 9.29 Å². The SMILES string of the molecule is CCS(=O)(=O)N1CCC(c2c[nH]c3c(C(N)=O)cc(Sc4ccccc4Cl)cc23)CC1. The lowest BCUT2D eigenvalue weighted by molar-refractivity contribution is 0.100. The summed E-state index contributed by atoms with van der Waals surface area (Å²) in [6.07, 6.45) is 3.40. The number of sulfonamides is 1. The third-order valence-corrected chi connectivity index (χ3v) is 9.15. The Morgan fingerprint density at radius 2 is 1.97 bits per heavy atom. The monoisotopic (exact) mass is 477 g/mol. The van der Waals surface area contributed by atoms with E-state index in [-0.39, 0.29) is 11.7 Å². The van der Waals surface area contributed by atoms with Crippen LogP contribution in [0.25, 0.3) is 10.9 Å². The van der Waals surface area contributed by atoms with Crippen molar-refractivity contribution in [2.45, 2.75) is 35.5 Å². The molecule has 0 bridgehead atoms.